The minimum absolute atomic E-state index is 0.147. The van der Waals surface area contributed by atoms with Gasteiger partial charge in [-0.25, -0.2) is 0 Å². The standard InChI is InChI=1S/C21H27N3O2/c1-22(2)21(25)20(17-9-5-4-6-10-17)24-15-13-23(14-16-24)18-11-7-8-12-19(18)26-3/h4-12,20H,13-16H2,1-3H3/p+1/t20-/m1/s1. The Morgan fingerprint density at radius 3 is 2.27 bits per heavy atom. The zero-order chi connectivity index (χ0) is 18.5. The summed E-state index contributed by atoms with van der Waals surface area (Å²) in [6.45, 7) is 3.63. The summed E-state index contributed by atoms with van der Waals surface area (Å²) in [6, 6.07) is 18.1. The van der Waals surface area contributed by atoms with E-state index in [0.717, 1.165) is 43.2 Å². The molecule has 1 aliphatic heterocycles. The Hall–Kier alpha value is -2.53. The van der Waals surface area contributed by atoms with Crippen molar-refractivity contribution in [2.75, 3.05) is 52.3 Å². The number of piperazine rings is 1. The van der Waals surface area contributed by atoms with Crippen molar-refractivity contribution in [1.82, 2.24) is 4.90 Å². The van der Waals surface area contributed by atoms with Crippen LogP contribution in [0.2, 0.25) is 0 Å². The van der Waals surface area contributed by atoms with Gasteiger partial charge >= 0.3 is 0 Å². The zero-order valence-corrected chi connectivity index (χ0v) is 15.8. The molecular weight excluding hydrogens is 326 g/mol. The van der Waals surface area contributed by atoms with Gasteiger partial charge in [0, 0.05) is 19.7 Å². The van der Waals surface area contributed by atoms with Crippen molar-refractivity contribution in [3.63, 3.8) is 0 Å². The van der Waals surface area contributed by atoms with E-state index in [9.17, 15) is 4.79 Å². The number of quaternary nitrogens is 1. The molecule has 1 heterocycles. The van der Waals surface area contributed by atoms with Gasteiger partial charge in [0.2, 0.25) is 0 Å². The fraction of sp³-hybridized carbons (Fsp3) is 0.381. The van der Waals surface area contributed by atoms with Gasteiger partial charge in [0.25, 0.3) is 5.91 Å². The maximum absolute atomic E-state index is 12.9. The monoisotopic (exact) mass is 354 g/mol. The Kier molecular flexibility index (Phi) is 5.78. The highest BCUT2D eigenvalue weighted by Gasteiger charge is 2.35. The molecule has 1 fully saturated rings. The number of ether oxygens (including phenoxy) is 1. The summed E-state index contributed by atoms with van der Waals surface area (Å²) in [4.78, 5) is 18.2. The van der Waals surface area contributed by atoms with Gasteiger partial charge < -0.3 is 19.4 Å². The minimum Gasteiger partial charge on any atom is -0.495 e. The molecule has 1 N–H and O–H groups in total. The summed E-state index contributed by atoms with van der Waals surface area (Å²) in [5.41, 5.74) is 2.22. The highest BCUT2D eigenvalue weighted by atomic mass is 16.5. The molecule has 3 rings (SSSR count). The number of amides is 1. The van der Waals surface area contributed by atoms with Gasteiger partial charge in [-0.05, 0) is 12.1 Å². The number of nitrogens with one attached hydrogen (secondary N) is 1. The summed E-state index contributed by atoms with van der Waals surface area (Å²) in [6.07, 6.45) is 0. The highest BCUT2D eigenvalue weighted by molar-refractivity contribution is 5.81. The lowest BCUT2D eigenvalue weighted by Crippen LogP contribution is -3.16. The predicted molar refractivity (Wildman–Crippen MR) is 104 cm³/mol. The lowest BCUT2D eigenvalue weighted by Gasteiger charge is -2.38. The summed E-state index contributed by atoms with van der Waals surface area (Å²) >= 11 is 0. The molecule has 26 heavy (non-hydrogen) atoms. The SMILES string of the molecule is COc1ccccc1N1CC[NH+]([C@@H](C(=O)N(C)C)c2ccccc2)CC1. The number of anilines is 1. The van der Waals surface area contributed by atoms with Crippen molar-refractivity contribution in [1.29, 1.82) is 0 Å². The van der Waals surface area contributed by atoms with Crippen LogP contribution in [0.1, 0.15) is 11.6 Å². The lowest BCUT2D eigenvalue weighted by molar-refractivity contribution is -0.922. The first-order valence-corrected chi connectivity index (χ1v) is 9.10. The van der Waals surface area contributed by atoms with E-state index in [2.05, 4.69) is 23.1 Å². The number of hydrogen-bond donors (Lipinski definition) is 1. The second-order valence-corrected chi connectivity index (χ2v) is 6.89. The van der Waals surface area contributed by atoms with Crippen molar-refractivity contribution < 1.29 is 14.4 Å². The summed E-state index contributed by atoms with van der Waals surface area (Å²) in [5, 5.41) is 0. The topological polar surface area (TPSA) is 37.2 Å². The Labute approximate surface area is 155 Å². The van der Waals surface area contributed by atoms with Gasteiger partial charge in [0.05, 0.1) is 39.0 Å². The zero-order valence-electron chi connectivity index (χ0n) is 15.8. The predicted octanol–water partition coefficient (Wildman–Crippen LogP) is 1.23. The smallest absolute Gasteiger partial charge is 0.285 e. The van der Waals surface area contributed by atoms with Crippen LogP contribution in [0.4, 0.5) is 5.69 Å². The van der Waals surface area contributed by atoms with Crippen LogP contribution < -0.4 is 14.5 Å². The summed E-state index contributed by atoms with van der Waals surface area (Å²) in [7, 11) is 5.38. The van der Waals surface area contributed by atoms with Crippen molar-refractivity contribution in [3.05, 3.63) is 60.2 Å². The second kappa shape index (κ2) is 8.23. The number of rotatable bonds is 5. The highest BCUT2D eigenvalue weighted by Crippen LogP contribution is 2.27. The van der Waals surface area contributed by atoms with Crippen LogP contribution in [0.5, 0.6) is 5.75 Å². The van der Waals surface area contributed by atoms with Gasteiger partial charge in [-0.2, -0.15) is 0 Å². The van der Waals surface area contributed by atoms with E-state index >= 15 is 0 Å². The molecule has 1 saturated heterocycles. The van der Waals surface area contributed by atoms with Crippen LogP contribution in [0.3, 0.4) is 0 Å². The third-order valence-electron chi connectivity index (χ3n) is 5.06. The van der Waals surface area contributed by atoms with Crippen LogP contribution in [-0.4, -0.2) is 58.2 Å². The van der Waals surface area contributed by atoms with Gasteiger partial charge in [-0.15, -0.1) is 0 Å². The van der Waals surface area contributed by atoms with Crippen molar-refractivity contribution >= 4 is 11.6 Å². The van der Waals surface area contributed by atoms with E-state index in [1.165, 1.54) is 4.90 Å². The molecule has 5 nitrogen and oxygen atoms in total. The molecule has 2 aromatic rings. The molecule has 0 unspecified atom stereocenters. The average Bonchev–Trinajstić information content (AvgIpc) is 2.69. The molecule has 0 aromatic heterocycles. The third-order valence-corrected chi connectivity index (χ3v) is 5.06. The third kappa shape index (κ3) is 3.83. The van der Waals surface area contributed by atoms with E-state index in [1.54, 1.807) is 12.0 Å². The van der Waals surface area contributed by atoms with E-state index in [1.807, 2.05) is 50.5 Å². The van der Waals surface area contributed by atoms with Crippen molar-refractivity contribution in [2.24, 2.45) is 0 Å². The number of benzene rings is 2. The van der Waals surface area contributed by atoms with Crippen molar-refractivity contribution in [3.8, 4) is 5.75 Å². The van der Waals surface area contributed by atoms with E-state index in [-0.39, 0.29) is 11.9 Å². The molecule has 0 radical (unpaired) electrons. The van der Waals surface area contributed by atoms with Crippen LogP contribution in [0.15, 0.2) is 54.6 Å². The molecule has 1 atom stereocenters. The van der Waals surface area contributed by atoms with E-state index in [0.29, 0.717) is 0 Å². The summed E-state index contributed by atoms with van der Waals surface area (Å²) in [5.74, 6) is 1.07. The van der Waals surface area contributed by atoms with Gasteiger partial charge in [0.1, 0.15) is 5.75 Å². The van der Waals surface area contributed by atoms with Crippen LogP contribution in [0.25, 0.3) is 0 Å². The quantitative estimate of drug-likeness (QED) is 0.878. The first kappa shape index (κ1) is 18.3. The largest absolute Gasteiger partial charge is 0.495 e. The number of likely N-dealkylation sites (N-methyl/N-ethyl adjacent to an activating group) is 1. The molecule has 0 saturated carbocycles. The molecule has 0 spiro atoms. The fourth-order valence-corrected chi connectivity index (χ4v) is 3.67. The maximum Gasteiger partial charge on any atom is 0.285 e. The van der Waals surface area contributed by atoms with Crippen LogP contribution in [0, 0.1) is 0 Å². The number of carbonyl (C=O) groups excluding carboxylic acids is 1. The molecular formula is C21H28N3O2+. The normalized spacial score (nSPS) is 16.2. The summed E-state index contributed by atoms with van der Waals surface area (Å²) < 4.78 is 5.50. The fourth-order valence-electron chi connectivity index (χ4n) is 3.67. The maximum atomic E-state index is 12.9. The van der Waals surface area contributed by atoms with E-state index < -0.39 is 0 Å². The van der Waals surface area contributed by atoms with Crippen molar-refractivity contribution in [2.45, 2.75) is 6.04 Å². The van der Waals surface area contributed by atoms with Crippen LogP contribution in [-0.2, 0) is 4.79 Å². The van der Waals surface area contributed by atoms with Gasteiger partial charge in [-0.1, -0.05) is 42.5 Å². The molecule has 0 bridgehead atoms. The minimum atomic E-state index is -0.147. The van der Waals surface area contributed by atoms with E-state index in [4.69, 9.17) is 4.74 Å². The second-order valence-electron chi connectivity index (χ2n) is 6.89. The molecule has 2 aromatic carbocycles. The van der Waals surface area contributed by atoms with Crippen LogP contribution >= 0.6 is 0 Å². The molecule has 1 aliphatic rings. The van der Waals surface area contributed by atoms with Gasteiger partial charge in [0.15, 0.2) is 6.04 Å². The Morgan fingerprint density at radius 2 is 1.65 bits per heavy atom. The molecule has 138 valence electrons. The Balaban J connectivity index is 1.77. The number of nitrogens with zero attached hydrogens (tertiary/aromatic N) is 2. The Bertz CT molecular complexity index is 725. The van der Waals surface area contributed by atoms with Gasteiger partial charge in [-0.3, -0.25) is 4.79 Å². The first-order valence-electron chi connectivity index (χ1n) is 9.10. The average molecular weight is 354 g/mol. The Morgan fingerprint density at radius 1 is 1.04 bits per heavy atom. The number of methoxy groups -OCH3 is 1. The number of carbonyl (C=O) groups is 1. The number of para-hydroxylation sites is 2. The number of hydrogen-bond acceptors (Lipinski definition) is 3. The lowest BCUT2D eigenvalue weighted by atomic mass is 10.0. The first-order chi connectivity index (χ1) is 12.6. The molecule has 5 heteroatoms. The molecule has 1 amide bonds. The molecule has 0 aliphatic carbocycles.